The molecule has 1 atom stereocenters. The number of hydrogen-bond donors (Lipinski definition) is 1. The Morgan fingerprint density at radius 1 is 1.27 bits per heavy atom. The minimum absolute atomic E-state index is 0.0656. The first-order valence-corrected chi connectivity index (χ1v) is 13.0. The number of aromatic nitrogens is 2. The van der Waals surface area contributed by atoms with Crippen LogP contribution in [0.25, 0.3) is 0 Å². The van der Waals surface area contributed by atoms with Crippen molar-refractivity contribution in [2.24, 2.45) is 0 Å². The highest BCUT2D eigenvalue weighted by molar-refractivity contribution is 7.93. The predicted octanol–water partition coefficient (Wildman–Crippen LogP) is 0.555. The van der Waals surface area contributed by atoms with Crippen LogP contribution in [0.2, 0.25) is 0 Å². The molecule has 4 rings (SSSR count). The zero-order valence-electron chi connectivity index (χ0n) is 16.8. The third kappa shape index (κ3) is 3.71. The standard InChI is InChI=1S/C19H24N4O5S2/c1-13-19(30(27,28)23-9-7-15-5-3-4-6-17(15)23)14(2)22(21-13)11-18(24)20-16-8-10-29(25,26)12-16/h3-6,16H,7-12H2,1-2H3,(H,20,24). The number of nitrogens with one attached hydrogen (secondary N) is 1. The van der Waals surface area contributed by atoms with Gasteiger partial charge in [0, 0.05) is 12.6 Å². The minimum atomic E-state index is -3.83. The van der Waals surface area contributed by atoms with Crippen molar-refractivity contribution >= 4 is 31.5 Å². The molecule has 0 bridgehead atoms. The molecule has 2 aromatic rings. The van der Waals surface area contributed by atoms with Crippen LogP contribution < -0.4 is 9.62 Å². The number of hydrogen-bond acceptors (Lipinski definition) is 6. The number of aryl methyl sites for hydroxylation is 1. The molecule has 1 saturated heterocycles. The number of rotatable bonds is 5. The van der Waals surface area contributed by atoms with Crippen molar-refractivity contribution in [3.8, 4) is 0 Å². The summed E-state index contributed by atoms with van der Waals surface area (Å²) in [5, 5.41) is 6.99. The monoisotopic (exact) mass is 452 g/mol. The van der Waals surface area contributed by atoms with Gasteiger partial charge in [0.05, 0.1) is 28.6 Å². The zero-order chi connectivity index (χ0) is 21.7. The summed E-state index contributed by atoms with van der Waals surface area (Å²) in [6.07, 6.45) is 1.04. The lowest BCUT2D eigenvalue weighted by Crippen LogP contribution is -2.38. The quantitative estimate of drug-likeness (QED) is 0.708. The van der Waals surface area contributed by atoms with Crippen molar-refractivity contribution in [1.82, 2.24) is 15.1 Å². The van der Waals surface area contributed by atoms with Gasteiger partial charge in [0.1, 0.15) is 11.4 Å². The van der Waals surface area contributed by atoms with Gasteiger partial charge in [-0.3, -0.25) is 13.8 Å². The molecule has 162 valence electrons. The lowest BCUT2D eigenvalue weighted by atomic mass is 10.2. The van der Waals surface area contributed by atoms with E-state index in [1.807, 2.05) is 18.2 Å². The van der Waals surface area contributed by atoms with Gasteiger partial charge in [0.2, 0.25) is 5.91 Å². The van der Waals surface area contributed by atoms with Crippen molar-refractivity contribution in [2.75, 3.05) is 22.4 Å². The van der Waals surface area contributed by atoms with Gasteiger partial charge >= 0.3 is 0 Å². The van der Waals surface area contributed by atoms with Crippen LogP contribution in [0, 0.1) is 13.8 Å². The molecule has 3 heterocycles. The molecule has 0 spiro atoms. The highest BCUT2D eigenvalue weighted by atomic mass is 32.2. The molecule has 2 aliphatic rings. The van der Waals surface area contributed by atoms with Crippen LogP contribution in [0.5, 0.6) is 0 Å². The molecule has 1 fully saturated rings. The maximum Gasteiger partial charge on any atom is 0.268 e. The second-order valence-electron chi connectivity index (χ2n) is 7.78. The third-order valence-electron chi connectivity index (χ3n) is 5.60. The Kier molecular flexibility index (Phi) is 5.13. The first-order chi connectivity index (χ1) is 14.1. The van der Waals surface area contributed by atoms with Crippen molar-refractivity contribution in [1.29, 1.82) is 0 Å². The smallest absolute Gasteiger partial charge is 0.268 e. The molecule has 2 aliphatic heterocycles. The van der Waals surface area contributed by atoms with E-state index in [-0.39, 0.29) is 22.9 Å². The number of amides is 1. The van der Waals surface area contributed by atoms with Gasteiger partial charge in [-0.1, -0.05) is 18.2 Å². The fourth-order valence-corrected chi connectivity index (χ4v) is 7.75. The first kappa shape index (κ1) is 20.9. The van der Waals surface area contributed by atoms with E-state index in [1.165, 1.54) is 8.99 Å². The van der Waals surface area contributed by atoms with E-state index in [1.54, 1.807) is 19.9 Å². The highest BCUT2D eigenvalue weighted by Crippen LogP contribution is 2.34. The van der Waals surface area contributed by atoms with Crippen LogP contribution in [-0.2, 0) is 37.6 Å². The Balaban J connectivity index is 1.56. The van der Waals surface area contributed by atoms with Gasteiger partial charge in [-0.05, 0) is 38.3 Å². The number of para-hydroxylation sites is 1. The van der Waals surface area contributed by atoms with Crippen molar-refractivity contribution in [2.45, 2.75) is 44.2 Å². The fourth-order valence-electron chi connectivity index (χ4n) is 4.19. The Hall–Kier alpha value is -2.40. The number of fused-ring (bicyclic) bond motifs is 1. The number of carbonyl (C=O) groups excluding carboxylic acids is 1. The number of carbonyl (C=O) groups is 1. The molecular formula is C19H24N4O5S2. The van der Waals surface area contributed by atoms with Gasteiger partial charge in [-0.2, -0.15) is 5.10 Å². The van der Waals surface area contributed by atoms with E-state index in [2.05, 4.69) is 10.4 Å². The van der Waals surface area contributed by atoms with Crippen LogP contribution >= 0.6 is 0 Å². The van der Waals surface area contributed by atoms with E-state index in [4.69, 9.17) is 0 Å². The second-order valence-corrected chi connectivity index (χ2v) is 11.8. The lowest BCUT2D eigenvalue weighted by molar-refractivity contribution is -0.122. The van der Waals surface area contributed by atoms with E-state index >= 15 is 0 Å². The molecule has 1 amide bonds. The van der Waals surface area contributed by atoms with Gasteiger partial charge in [-0.15, -0.1) is 0 Å². The molecule has 0 radical (unpaired) electrons. The van der Waals surface area contributed by atoms with Crippen molar-refractivity contribution in [3.05, 3.63) is 41.2 Å². The average Bonchev–Trinajstić information content (AvgIpc) is 3.31. The van der Waals surface area contributed by atoms with Crippen molar-refractivity contribution < 1.29 is 21.6 Å². The number of benzene rings is 1. The van der Waals surface area contributed by atoms with E-state index < -0.39 is 31.8 Å². The maximum absolute atomic E-state index is 13.4. The van der Waals surface area contributed by atoms with Crippen LogP contribution in [0.4, 0.5) is 5.69 Å². The second kappa shape index (κ2) is 7.38. The van der Waals surface area contributed by atoms with Crippen LogP contribution in [0.1, 0.15) is 23.4 Å². The molecule has 0 saturated carbocycles. The summed E-state index contributed by atoms with van der Waals surface area (Å²) in [5.74, 6) is -0.389. The largest absolute Gasteiger partial charge is 0.351 e. The highest BCUT2D eigenvalue weighted by Gasteiger charge is 2.35. The van der Waals surface area contributed by atoms with Crippen molar-refractivity contribution in [3.63, 3.8) is 0 Å². The Morgan fingerprint density at radius 2 is 2.00 bits per heavy atom. The Morgan fingerprint density at radius 3 is 2.70 bits per heavy atom. The minimum Gasteiger partial charge on any atom is -0.351 e. The molecule has 1 aromatic heterocycles. The predicted molar refractivity (Wildman–Crippen MR) is 112 cm³/mol. The molecule has 11 heteroatoms. The van der Waals surface area contributed by atoms with E-state index in [9.17, 15) is 21.6 Å². The normalized spacial score (nSPS) is 20.3. The first-order valence-electron chi connectivity index (χ1n) is 9.73. The zero-order valence-corrected chi connectivity index (χ0v) is 18.5. The maximum atomic E-state index is 13.4. The summed E-state index contributed by atoms with van der Waals surface area (Å²) in [7, 11) is -6.93. The summed E-state index contributed by atoms with van der Waals surface area (Å²) < 4.78 is 52.7. The van der Waals surface area contributed by atoms with Gasteiger partial charge < -0.3 is 5.32 Å². The number of nitrogens with zero attached hydrogens (tertiary/aromatic N) is 3. The molecule has 0 aliphatic carbocycles. The lowest BCUT2D eigenvalue weighted by Gasteiger charge is -2.19. The molecule has 1 N–H and O–H groups in total. The third-order valence-corrected chi connectivity index (χ3v) is 9.43. The van der Waals surface area contributed by atoms with E-state index in [0.717, 1.165) is 5.56 Å². The summed E-state index contributed by atoms with van der Waals surface area (Å²) in [5.41, 5.74) is 2.36. The SMILES string of the molecule is Cc1nn(CC(=O)NC2CCS(=O)(=O)C2)c(C)c1S(=O)(=O)N1CCc2ccccc21. The number of sulfone groups is 1. The Labute approximate surface area is 176 Å². The van der Waals surface area contributed by atoms with Gasteiger partial charge in [0.15, 0.2) is 9.84 Å². The van der Waals surface area contributed by atoms with E-state index in [0.29, 0.717) is 36.5 Å². The topological polar surface area (TPSA) is 118 Å². The summed E-state index contributed by atoms with van der Waals surface area (Å²) in [6.45, 7) is 3.43. The molecular weight excluding hydrogens is 428 g/mol. The van der Waals surface area contributed by atoms with Gasteiger partial charge in [0.25, 0.3) is 10.0 Å². The number of sulfonamides is 1. The Bertz CT molecular complexity index is 1220. The van der Waals surface area contributed by atoms with Crippen LogP contribution in [0.3, 0.4) is 0 Å². The number of anilines is 1. The van der Waals surface area contributed by atoms with Gasteiger partial charge in [-0.25, -0.2) is 16.8 Å². The molecule has 1 aromatic carbocycles. The fraction of sp³-hybridized carbons (Fsp3) is 0.474. The summed E-state index contributed by atoms with van der Waals surface area (Å²) >= 11 is 0. The van der Waals surface area contributed by atoms with Crippen LogP contribution in [-0.4, -0.2) is 56.6 Å². The summed E-state index contributed by atoms with van der Waals surface area (Å²) in [6, 6.07) is 6.99. The summed E-state index contributed by atoms with van der Waals surface area (Å²) in [4.78, 5) is 12.5. The van der Waals surface area contributed by atoms with Crippen LogP contribution in [0.15, 0.2) is 29.2 Å². The molecule has 30 heavy (non-hydrogen) atoms. The molecule has 9 nitrogen and oxygen atoms in total. The average molecular weight is 453 g/mol. The molecule has 1 unspecified atom stereocenters.